The molecule has 1 aromatic heterocycles. The summed E-state index contributed by atoms with van der Waals surface area (Å²) in [6.07, 6.45) is 4.32. The predicted octanol–water partition coefficient (Wildman–Crippen LogP) is 2.07. The van der Waals surface area contributed by atoms with Crippen molar-refractivity contribution in [3.8, 4) is 0 Å². The first-order chi connectivity index (χ1) is 5.79. The lowest BCUT2D eigenvalue weighted by atomic mass is 10.2. The van der Waals surface area contributed by atoms with E-state index in [1.54, 1.807) is 11.3 Å². The zero-order chi connectivity index (χ0) is 8.81. The van der Waals surface area contributed by atoms with Gasteiger partial charge in [0.05, 0.1) is 5.51 Å². The highest BCUT2D eigenvalue weighted by atomic mass is 32.1. The summed E-state index contributed by atoms with van der Waals surface area (Å²) < 4.78 is 0. The van der Waals surface area contributed by atoms with Crippen LogP contribution in [0.3, 0.4) is 0 Å². The summed E-state index contributed by atoms with van der Waals surface area (Å²) in [6, 6.07) is 0.603. The van der Waals surface area contributed by atoms with Crippen molar-refractivity contribution in [2.75, 3.05) is 6.54 Å². The summed E-state index contributed by atoms with van der Waals surface area (Å²) in [4.78, 5) is 5.42. The van der Waals surface area contributed by atoms with Crippen LogP contribution in [-0.4, -0.2) is 17.6 Å². The van der Waals surface area contributed by atoms with Gasteiger partial charge in [0, 0.05) is 17.1 Å². The Morgan fingerprint density at radius 3 is 3.00 bits per heavy atom. The molecule has 1 heterocycles. The van der Waals surface area contributed by atoms with Gasteiger partial charge in [0.1, 0.15) is 0 Å². The number of nitrogens with zero attached hydrogens (tertiary/aromatic N) is 1. The van der Waals surface area contributed by atoms with Crippen molar-refractivity contribution in [3.63, 3.8) is 0 Å². The molecule has 0 unspecified atom stereocenters. The van der Waals surface area contributed by atoms with E-state index in [0.717, 1.165) is 13.0 Å². The molecule has 0 spiro atoms. The summed E-state index contributed by atoms with van der Waals surface area (Å²) in [7, 11) is 0. The van der Waals surface area contributed by atoms with Crippen LogP contribution < -0.4 is 5.32 Å². The van der Waals surface area contributed by atoms with Gasteiger partial charge in [0.2, 0.25) is 0 Å². The smallest absolute Gasteiger partial charge is 0.0794 e. The number of nitrogens with one attached hydrogen (secondary N) is 1. The van der Waals surface area contributed by atoms with Gasteiger partial charge in [0.15, 0.2) is 0 Å². The highest BCUT2D eigenvalue weighted by molar-refractivity contribution is 7.09. The molecule has 1 N–H and O–H groups in total. The zero-order valence-electron chi connectivity index (χ0n) is 7.71. The second kappa shape index (κ2) is 5.27. The first-order valence-electron chi connectivity index (χ1n) is 4.40. The lowest BCUT2D eigenvalue weighted by molar-refractivity contribution is 0.571. The molecule has 0 aliphatic rings. The fraction of sp³-hybridized carbons (Fsp3) is 0.667. The van der Waals surface area contributed by atoms with Crippen LogP contribution in [0.2, 0.25) is 0 Å². The Bertz CT molecular complexity index is 194. The highest BCUT2D eigenvalue weighted by Crippen LogP contribution is 2.07. The van der Waals surface area contributed by atoms with Crippen LogP contribution in [-0.2, 0) is 6.42 Å². The molecular formula is C9H16N2S. The Morgan fingerprint density at radius 1 is 1.58 bits per heavy atom. The van der Waals surface area contributed by atoms with E-state index >= 15 is 0 Å². The van der Waals surface area contributed by atoms with Crippen LogP contribution in [0.5, 0.6) is 0 Å². The van der Waals surface area contributed by atoms with Gasteiger partial charge in [0.25, 0.3) is 0 Å². The maximum atomic E-state index is 4.03. The van der Waals surface area contributed by atoms with Crippen LogP contribution in [0.15, 0.2) is 11.7 Å². The fourth-order valence-electron chi connectivity index (χ4n) is 1.02. The highest BCUT2D eigenvalue weighted by Gasteiger charge is 1.95. The van der Waals surface area contributed by atoms with E-state index in [9.17, 15) is 0 Å². The summed E-state index contributed by atoms with van der Waals surface area (Å²) in [5.41, 5.74) is 1.89. The second-order valence-corrected chi connectivity index (χ2v) is 4.15. The molecule has 2 nitrogen and oxygen atoms in total. The minimum absolute atomic E-state index is 0.603. The molecule has 0 aromatic carbocycles. The lowest BCUT2D eigenvalue weighted by Crippen LogP contribution is -2.23. The third-order valence-electron chi connectivity index (χ3n) is 1.64. The first kappa shape index (κ1) is 9.68. The summed E-state index contributed by atoms with van der Waals surface area (Å²) in [6.45, 7) is 5.45. The van der Waals surface area contributed by atoms with Crippen molar-refractivity contribution < 1.29 is 0 Å². The van der Waals surface area contributed by atoms with E-state index in [-0.39, 0.29) is 0 Å². The molecule has 0 amide bonds. The van der Waals surface area contributed by atoms with Crippen molar-refractivity contribution in [2.24, 2.45) is 0 Å². The lowest BCUT2D eigenvalue weighted by Gasteiger charge is -2.06. The molecule has 0 bridgehead atoms. The van der Waals surface area contributed by atoms with Gasteiger partial charge in [-0.05, 0) is 19.4 Å². The van der Waals surface area contributed by atoms with Crippen molar-refractivity contribution in [1.29, 1.82) is 0 Å². The van der Waals surface area contributed by atoms with Gasteiger partial charge in [-0.1, -0.05) is 13.8 Å². The number of hydrogen-bond donors (Lipinski definition) is 1. The molecule has 1 aromatic rings. The van der Waals surface area contributed by atoms with E-state index < -0.39 is 0 Å². The van der Waals surface area contributed by atoms with Gasteiger partial charge < -0.3 is 5.32 Å². The Kier molecular flexibility index (Phi) is 4.25. The van der Waals surface area contributed by atoms with Crippen LogP contribution >= 0.6 is 11.3 Å². The standard InChI is InChI=1S/C9H16N2S/c1-8(2)11-5-3-4-9-6-10-7-12-9/h6-8,11H,3-5H2,1-2H3. The van der Waals surface area contributed by atoms with E-state index in [0.29, 0.717) is 6.04 Å². The molecule has 68 valence electrons. The van der Waals surface area contributed by atoms with Crippen LogP contribution in [0.25, 0.3) is 0 Å². The molecule has 1 rings (SSSR count). The Balaban J connectivity index is 2.04. The Morgan fingerprint density at radius 2 is 2.42 bits per heavy atom. The fourth-order valence-corrected chi connectivity index (χ4v) is 1.66. The van der Waals surface area contributed by atoms with Crippen molar-refractivity contribution in [2.45, 2.75) is 32.7 Å². The van der Waals surface area contributed by atoms with Crippen LogP contribution in [0.1, 0.15) is 25.1 Å². The molecule has 0 saturated carbocycles. The van der Waals surface area contributed by atoms with E-state index in [1.165, 1.54) is 11.3 Å². The zero-order valence-corrected chi connectivity index (χ0v) is 8.53. The van der Waals surface area contributed by atoms with E-state index in [1.807, 2.05) is 11.7 Å². The number of rotatable bonds is 5. The van der Waals surface area contributed by atoms with Crippen molar-refractivity contribution in [3.05, 3.63) is 16.6 Å². The number of hydrogen-bond acceptors (Lipinski definition) is 3. The van der Waals surface area contributed by atoms with Crippen LogP contribution in [0, 0.1) is 0 Å². The number of aryl methyl sites for hydroxylation is 1. The third kappa shape index (κ3) is 3.83. The van der Waals surface area contributed by atoms with Crippen LogP contribution in [0.4, 0.5) is 0 Å². The van der Waals surface area contributed by atoms with Gasteiger partial charge in [-0.2, -0.15) is 0 Å². The molecule has 0 fully saturated rings. The average Bonchev–Trinajstić information content (AvgIpc) is 2.49. The quantitative estimate of drug-likeness (QED) is 0.709. The SMILES string of the molecule is CC(C)NCCCc1cncs1. The number of aromatic nitrogens is 1. The molecule has 0 aliphatic carbocycles. The first-order valence-corrected chi connectivity index (χ1v) is 5.28. The van der Waals surface area contributed by atoms with Gasteiger partial charge in [-0.3, -0.25) is 4.98 Å². The largest absolute Gasteiger partial charge is 0.315 e. The van der Waals surface area contributed by atoms with E-state index in [4.69, 9.17) is 0 Å². The average molecular weight is 184 g/mol. The molecule has 0 radical (unpaired) electrons. The molecular weight excluding hydrogens is 168 g/mol. The molecule has 0 aliphatic heterocycles. The summed E-state index contributed by atoms with van der Waals surface area (Å²) >= 11 is 1.74. The summed E-state index contributed by atoms with van der Waals surface area (Å²) in [5, 5.41) is 3.39. The molecule has 0 saturated heterocycles. The molecule has 0 atom stereocenters. The van der Waals surface area contributed by atoms with E-state index in [2.05, 4.69) is 24.1 Å². The normalized spacial score (nSPS) is 10.9. The maximum Gasteiger partial charge on any atom is 0.0794 e. The number of thiazole rings is 1. The Hall–Kier alpha value is -0.410. The molecule has 12 heavy (non-hydrogen) atoms. The Labute approximate surface area is 78.0 Å². The molecule has 3 heteroatoms. The minimum Gasteiger partial charge on any atom is -0.315 e. The van der Waals surface area contributed by atoms with Crippen molar-refractivity contribution >= 4 is 11.3 Å². The van der Waals surface area contributed by atoms with Crippen molar-refractivity contribution in [1.82, 2.24) is 10.3 Å². The van der Waals surface area contributed by atoms with Gasteiger partial charge in [-0.25, -0.2) is 0 Å². The minimum atomic E-state index is 0.603. The maximum absolute atomic E-state index is 4.03. The monoisotopic (exact) mass is 184 g/mol. The summed E-state index contributed by atoms with van der Waals surface area (Å²) in [5.74, 6) is 0. The predicted molar refractivity (Wildman–Crippen MR) is 53.6 cm³/mol. The second-order valence-electron chi connectivity index (χ2n) is 3.18. The third-order valence-corrected chi connectivity index (χ3v) is 2.48. The topological polar surface area (TPSA) is 24.9 Å². The van der Waals surface area contributed by atoms with Gasteiger partial charge >= 0.3 is 0 Å². The van der Waals surface area contributed by atoms with Gasteiger partial charge in [-0.15, -0.1) is 11.3 Å².